The molecule has 6 heteroatoms. The van der Waals surface area contributed by atoms with Crippen LogP contribution in [0.25, 0.3) is 0 Å². The Morgan fingerprint density at radius 2 is 1.65 bits per heavy atom. The Kier molecular flexibility index (Phi) is 3.56. The molecule has 2 saturated carbocycles. The molecule has 4 nitrogen and oxygen atoms in total. The fourth-order valence-electron chi connectivity index (χ4n) is 2.53. The van der Waals surface area contributed by atoms with Crippen LogP contribution in [0.1, 0.15) is 31.2 Å². The summed E-state index contributed by atoms with van der Waals surface area (Å²) in [6.45, 7) is 0. The Hall–Kier alpha value is -0.980. The third-order valence-electron chi connectivity index (χ3n) is 4.00. The summed E-state index contributed by atoms with van der Waals surface area (Å²) < 4.78 is 27.7. The summed E-state index contributed by atoms with van der Waals surface area (Å²) in [4.78, 5) is 0.555. The number of nitrogens with one attached hydrogen (secondary N) is 1. The fourth-order valence-corrected chi connectivity index (χ4v) is 4.04. The van der Waals surface area contributed by atoms with Crippen LogP contribution in [0.15, 0.2) is 29.2 Å². The maximum atomic E-state index is 12.4. The smallest absolute Gasteiger partial charge is 0.240 e. The molecule has 3 N–H and O–H groups in total. The van der Waals surface area contributed by atoms with Gasteiger partial charge in [0.25, 0.3) is 0 Å². The zero-order chi connectivity index (χ0) is 14.3. The predicted octanol–water partition coefficient (Wildman–Crippen LogP) is 1.79. The number of benzene rings is 1. The molecule has 0 unspecified atom stereocenters. The average Bonchev–Trinajstić information content (AvgIpc) is 3.29. The van der Waals surface area contributed by atoms with Gasteiger partial charge < -0.3 is 5.73 Å². The minimum absolute atomic E-state index is 0.121. The van der Waals surface area contributed by atoms with E-state index in [1.54, 1.807) is 24.3 Å². The highest BCUT2D eigenvalue weighted by atomic mass is 32.2. The van der Waals surface area contributed by atoms with E-state index in [0.717, 1.165) is 25.7 Å². The van der Waals surface area contributed by atoms with Crippen molar-refractivity contribution in [3.8, 4) is 0 Å². The van der Waals surface area contributed by atoms with E-state index < -0.39 is 10.0 Å². The molecule has 0 aliphatic heterocycles. The maximum Gasteiger partial charge on any atom is 0.240 e. The van der Waals surface area contributed by atoms with Crippen LogP contribution in [0.2, 0.25) is 0 Å². The van der Waals surface area contributed by atoms with Crippen LogP contribution in [0.3, 0.4) is 0 Å². The summed E-state index contributed by atoms with van der Waals surface area (Å²) in [6.07, 6.45) is 4.57. The first-order chi connectivity index (χ1) is 9.47. The lowest BCUT2D eigenvalue weighted by Crippen LogP contribution is -2.38. The Morgan fingerprint density at radius 3 is 2.05 bits per heavy atom. The molecule has 0 spiro atoms. The minimum Gasteiger partial charge on any atom is -0.389 e. The van der Waals surface area contributed by atoms with Gasteiger partial charge in [-0.25, -0.2) is 13.1 Å². The Morgan fingerprint density at radius 1 is 1.15 bits per heavy atom. The topological polar surface area (TPSA) is 72.2 Å². The molecular weight excluding hydrogens is 292 g/mol. The summed E-state index contributed by atoms with van der Waals surface area (Å²) in [5, 5.41) is 0. The zero-order valence-electron chi connectivity index (χ0n) is 11.1. The van der Waals surface area contributed by atoms with Crippen LogP contribution in [0, 0.1) is 11.8 Å². The van der Waals surface area contributed by atoms with Crippen LogP contribution in [-0.2, 0) is 10.0 Å². The largest absolute Gasteiger partial charge is 0.389 e. The lowest BCUT2D eigenvalue weighted by atomic mass is 10.1. The van der Waals surface area contributed by atoms with Crippen molar-refractivity contribution in [2.75, 3.05) is 0 Å². The summed E-state index contributed by atoms with van der Waals surface area (Å²) in [5.74, 6) is 1.07. The zero-order valence-corrected chi connectivity index (χ0v) is 12.7. The Labute approximate surface area is 124 Å². The van der Waals surface area contributed by atoms with Crippen molar-refractivity contribution in [3.63, 3.8) is 0 Å². The van der Waals surface area contributed by atoms with E-state index in [4.69, 9.17) is 18.0 Å². The third kappa shape index (κ3) is 3.02. The summed E-state index contributed by atoms with van der Waals surface area (Å²) in [7, 11) is -3.45. The van der Waals surface area contributed by atoms with Gasteiger partial charge in [0, 0.05) is 11.6 Å². The van der Waals surface area contributed by atoms with Crippen molar-refractivity contribution in [2.45, 2.75) is 36.6 Å². The lowest BCUT2D eigenvalue weighted by Gasteiger charge is -2.17. The number of hydrogen-bond donors (Lipinski definition) is 2. The molecule has 1 aromatic rings. The van der Waals surface area contributed by atoms with E-state index in [9.17, 15) is 8.42 Å². The standard InChI is InChI=1S/C14H18N2O2S2/c15-14(19)11-5-7-12(8-6-11)20(17,18)16-13(9-1-2-9)10-3-4-10/h5-10,13,16H,1-4H2,(H2,15,19). The molecule has 0 aromatic heterocycles. The lowest BCUT2D eigenvalue weighted by molar-refractivity contribution is 0.471. The molecule has 0 atom stereocenters. The van der Waals surface area contributed by atoms with Crippen molar-refractivity contribution >= 4 is 27.2 Å². The van der Waals surface area contributed by atoms with Crippen molar-refractivity contribution in [1.29, 1.82) is 0 Å². The normalized spacial score (nSPS) is 19.2. The second-order valence-corrected chi connectivity index (χ2v) is 7.86. The average molecular weight is 310 g/mol. The van der Waals surface area contributed by atoms with Crippen LogP contribution >= 0.6 is 12.2 Å². The number of rotatable bonds is 6. The summed E-state index contributed by atoms with van der Waals surface area (Å²) >= 11 is 4.87. The molecule has 20 heavy (non-hydrogen) atoms. The van der Waals surface area contributed by atoms with Crippen molar-refractivity contribution in [2.24, 2.45) is 17.6 Å². The fraction of sp³-hybridized carbons (Fsp3) is 0.500. The predicted molar refractivity (Wildman–Crippen MR) is 81.9 cm³/mol. The van der Waals surface area contributed by atoms with Crippen molar-refractivity contribution in [3.05, 3.63) is 29.8 Å². The van der Waals surface area contributed by atoms with E-state index in [-0.39, 0.29) is 15.9 Å². The second kappa shape index (κ2) is 5.09. The summed E-state index contributed by atoms with van der Waals surface area (Å²) in [6, 6.07) is 6.55. The van der Waals surface area contributed by atoms with E-state index in [2.05, 4.69) is 4.72 Å². The van der Waals surface area contributed by atoms with E-state index in [0.29, 0.717) is 17.4 Å². The van der Waals surface area contributed by atoms with Crippen molar-refractivity contribution in [1.82, 2.24) is 4.72 Å². The first kappa shape index (κ1) is 14.0. The molecule has 0 bridgehead atoms. The molecule has 2 fully saturated rings. The molecule has 0 heterocycles. The van der Waals surface area contributed by atoms with E-state index in [1.807, 2.05) is 0 Å². The Balaban J connectivity index is 1.78. The highest BCUT2D eigenvalue weighted by Crippen LogP contribution is 2.45. The molecule has 0 amide bonds. The van der Waals surface area contributed by atoms with Gasteiger partial charge in [0.05, 0.1) is 4.90 Å². The second-order valence-electron chi connectivity index (χ2n) is 5.71. The van der Waals surface area contributed by atoms with E-state index in [1.165, 1.54) is 0 Å². The van der Waals surface area contributed by atoms with Gasteiger partial charge in [-0.2, -0.15) is 0 Å². The van der Waals surface area contributed by atoms with Gasteiger partial charge in [-0.1, -0.05) is 24.4 Å². The number of hydrogen-bond acceptors (Lipinski definition) is 3. The highest BCUT2D eigenvalue weighted by molar-refractivity contribution is 7.89. The maximum absolute atomic E-state index is 12.4. The monoisotopic (exact) mass is 310 g/mol. The highest BCUT2D eigenvalue weighted by Gasteiger charge is 2.43. The van der Waals surface area contributed by atoms with Gasteiger partial charge >= 0.3 is 0 Å². The quantitative estimate of drug-likeness (QED) is 0.786. The number of sulfonamides is 1. The Bertz CT molecular complexity index is 605. The van der Waals surface area contributed by atoms with Gasteiger partial charge in [-0.05, 0) is 49.7 Å². The van der Waals surface area contributed by atoms with Crippen LogP contribution in [0.4, 0.5) is 0 Å². The molecule has 0 radical (unpaired) electrons. The third-order valence-corrected chi connectivity index (χ3v) is 5.71. The van der Waals surface area contributed by atoms with Gasteiger partial charge in [0.2, 0.25) is 10.0 Å². The van der Waals surface area contributed by atoms with Gasteiger partial charge in [0.15, 0.2) is 0 Å². The molecular formula is C14H18N2O2S2. The molecule has 1 aromatic carbocycles. The van der Waals surface area contributed by atoms with E-state index >= 15 is 0 Å². The van der Waals surface area contributed by atoms with Crippen LogP contribution in [-0.4, -0.2) is 19.4 Å². The van der Waals surface area contributed by atoms with Crippen molar-refractivity contribution < 1.29 is 8.42 Å². The minimum atomic E-state index is -3.45. The summed E-state index contributed by atoms with van der Waals surface area (Å²) in [5.41, 5.74) is 6.20. The molecule has 2 aliphatic rings. The van der Waals surface area contributed by atoms with Gasteiger partial charge in [-0.3, -0.25) is 0 Å². The van der Waals surface area contributed by atoms with Gasteiger partial charge in [-0.15, -0.1) is 0 Å². The number of thiocarbonyl (C=S) groups is 1. The van der Waals surface area contributed by atoms with Crippen LogP contribution in [0.5, 0.6) is 0 Å². The first-order valence-corrected chi connectivity index (χ1v) is 8.79. The first-order valence-electron chi connectivity index (χ1n) is 6.89. The molecule has 3 rings (SSSR count). The SMILES string of the molecule is NC(=S)c1ccc(S(=O)(=O)NC(C2CC2)C2CC2)cc1. The van der Waals surface area contributed by atoms with Gasteiger partial charge in [0.1, 0.15) is 4.99 Å². The molecule has 0 saturated heterocycles. The molecule has 108 valence electrons. The molecule has 2 aliphatic carbocycles. The number of nitrogens with two attached hydrogens (primary N) is 1. The van der Waals surface area contributed by atoms with Crippen LogP contribution < -0.4 is 10.5 Å².